The van der Waals surface area contributed by atoms with Crippen molar-refractivity contribution in [2.24, 2.45) is 10.9 Å². The summed E-state index contributed by atoms with van der Waals surface area (Å²) in [6.07, 6.45) is 3.62. The van der Waals surface area contributed by atoms with Crippen molar-refractivity contribution >= 4 is 35.9 Å². The van der Waals surface area contributed by atoms with E-state index in [-0.39, 0.29) is 35.9 Å². The Kier molecular flexibility index (Phi) is 12.7. The van der Waals surface area contributed by atoms with Crippen LogP contribution in [-0.2, 0) is 9.53 Å². The number of esters is 1. The van der Waals surface area contributed by atoms with E-state index in [1.807, 2.05) is 37.3 Å². The lowest BCUT2D eigenvalue weighted by Crippen LogP contribution is -2.46. The number of hydrogen-bond acceptors (Lipinski definition) is 4. The monoisotopic (exact) mass is 503 g/mol. The van der Waals surface area contributed by atoms with Crippen molar-refractivity contribution in [3.63, 3.8) is 0 Å². The molecule has 1 aromatic rings. The van der Waals surface area contributed by atoms with Gasteiger partial charge < -0.3 is 19.7 Å². The summed E-state index contributed by atoms with van der Waals surface area (Å²) in [7, 11) is 0. The zero-order valence-electron chi connectivity index (χ0n) is 17.1. The molecular formula is C21H34IN3O3. The third kappa shape index (κ3) is 8.67. The summed E-state index contributed by atoms with van der Waals surface area (Å²) in [6, 6.07) is 9.89. The van der Waals surface area contributed by atoms with E-state index in [9.17, 15) is 4.79 Å². The molecule has 1 fully saturated rings. The summed E-state index contributed by atoms with van der Waals surface area (Å²) in [5, 5.41) is 3.37. The Morgan fingerprint density at radius 1 is 1.18 bits per heavy atom. The van der Waals surface area contributed by atoms with E-state index in [4.69, 9.17) is 14.5 Å². The summed E-state index contributed by atoms with van der Waals surface area (Å²) in [6.45, 7) is 8.39. The highest BCUT2D eigenvalue weighted by Crippen LogP contribution is 2.18. The molecule has 7 heteroatoms. The minimum Gasteiger partial charge on any atom is -0.494 e. The second-order valence-electron chi connectivity index (χ2n) is 6.62. The lowest BCUT2D eigenvalue weighted by atomic mass is 9.97. The molecule has 0 aromatic heterocycles. The van der Waals surface area contributed by atoms with Crippen molar-refractivity contribution in [3.8, 4) is 5.75 Å². The van der Waals surface area contributed by atoms with Crippen LogP contribution in [0.5, 0.6) is 5.75 Å². The van der Waals surface area contributed by atoms with Gasteiger partial charge in [0.2, 0.25) is 0 Å². The van der Waals surface area contributed by atoms with Gasteiger partial charge in [0, 0.05) is 26.2 Å². The van der Waals surface area contributed by atoms with E-state index in [2.05, 4.69) is 17.1 Å². The molecule has 1 aromatic carbocycles. The number of carbonyl (C=O) groups is 1. The first-order valence-electron chi connectivity index (χ1n) is 10.1. The van der Waals surface area contributed by atoms with E-state index in [1.165, 1.54) is 0 Å². The number of rotatable bonds is 9. The summed E-state index contributed by atoms with van der Waals surface area (Å²) in [5.74, 6) is 1.83. The second kappa shape index (κ2) is 14.5. The van der Waals surface area contributed by atoms with E-state index in [0.717, 1.165) is 63.6 Å². The topological polar surface area (TPSA) is 63.2 Å². The SMILES string of the molecule is CCNC(=NCCCCOc1ccccc1)N1CCC(C(=O)OCC)CC1.I. The Labute approximate surface area is 186 Å². The van der Waals surface area contributed by atoms with Crippen LogP contribution in [0.4, 0.5) is 0 Å². The minimum atomic E-state index is -0.0579. The highest BCUT2D eigenvalue weighted by Gasteiger charge is 2.27. The van der Waals surface area contributed by atoms with E-state index >= 15 is 0 Å². The van der Waals surface area contributed by atoms with Gasteiger partial charge in [0.25, 0.3) is 0 Å². The number of halogens is 1. The van der Waals surface area contributed by atoms with Crippen LogP contribution in [0.2, 0.25) is 0 Å². The quantitative estimate of drug-likeness (QED) is 0.183. The summed E-state index contributed by atoms with van der Waals surface area (Å²) >= 11 is 0. The summed E-state index contributed by atoms with van der Waals surface area (Å²) in [5.41, 5.74) is 0. The number of ether oxygens (including phenoxy) is 2. The average molecular weight is 503 g/mol. The van der Waals surface area contributed by atoms with Crippen molar-refractivity contribution in [1.29, 1.82) is 0 Å². The van der Waals surface area contributed by atoms with E-state index in [1.54, 1.807) is 0 Å². The van der Waals surface area contributed by atoms with Crippen LogP contribution >= 0.6 is 24.0 Å². The predicted octanol–water partition coefficient (Wildman–Crippen LogP) is 3.70. The molecule has 1 N–H and O–H groups in total. The van der Waals surface area contributed by atoms with Crippen molar-refractivity contribution in [2.45, 2.75) is 39.5 Å². The molecule has 0 amide bonds. The average Bonchev–Trinajstić information content (AvgIpc) is 2.71. The molecule has 1 aliphatic heterocycles. The number of benzene rings is 1. The van der Waals surface area contributed by atoms with E-state index < -0.39 is 0 Å². The number of piperidine rings is 1. The molecule has 0 unspecified atom stereocenters. The smallest absolute Gasteiger partial charge is 0.309 e. The number of nitrogens with one attached hydrogen (secondary N) is 1. The van der Waals surface area contributed by atoms with Gasteiger partial charge in [0.15, 0.2) is 5.96 Å². The van der Waals surface area contributed by atoms with Crippen LogP contribution in [0.25, 0.3) is 0 Å². The number of unbranched alkanes of at least 4 members (excludes halogenated alkanes) is 1. The van der Waals surface area contributed by atoms with Crippen molar-refractivity contribution < 1.29 is 14.3 Å². The Balaban J connectivity index is 0.00000392. The number of aliphatic imine (C=N–C) groups is 1. The zero-order chi connectivity index (χ0) is 19.3. The van der Waals surface area contributed by atoms with Gasteiger partial charge in [-0.15, -0.1) is 24.0 Å². The van der Waals surface area contributed by atoms with Gasteiger partial charge >= 0.3 is 5.97 Å². The molecule has 0 spiro atoms. The first kappa shape index (κ1) is 24.5. The molecule has 0 atom stereocenters. The molecule has 158 valence electrons. The predicted molar refractivity (Wildman–Crippen MR) is 123 cm³/mol. The highest BCUT2D eigenvalue weighted by molar-refractivity contribution is 14.0. The van der Waals surface area contributed by atoms with Crippen LogP contribution in [0.3, 0.4) is 0 Å². The Hall–Kier alpha value is -1.51. The number of para-hydroxylation sites is 1. The van der Waals surface area contributed by atoms with E-state index in [0.29, 0.717) is 13.2 Å². The number of hydrogen-bond donors (Lipinski definition) is 1. The van der Waals surface area contributed by atoms with Crippen LogP contribution in [0, 0.1) is 5.92 Å². The fraction of sp³-hybridized carbons (Fsp3) is 0.619. The van der Waals surface area contributed by atoms with Crippen molar-refractivity contribution in [1.82, 2.24) is 10.2 Å². The lowest BCUT2D eigenvalue weighted by molar-refractivity contribution is -0.149. The molecule has 0 aliphatic carbocycles. The largest absolute Gasteiger partial charge is 0.494 e. The molecule has 1 saturated heterocycles. The third-order valence-electron chi connectivity index (χ3n) is 4.58. The van der Waals surface area contributed by atoms with Crippen molar-refractivity contribution in [2.75, 3.05) is 39.4 Å². The standard InChI is InChI=1S/C21H33N3O3.HI/c1-3-22-21(24-15-12-18(13-16-24)20(25)26-4-2)23-14-8-9-17-27-19-10-6-5-7-11-19;/h5-7,10-11,18H,3-4,8-9,12-17H2,1-2H3,(H,22,23);1H. The van der Waals surface area contributed by atoms with Crippen LogP contribution in [0.1, 0.15) is 39.5 Å². The normalized spacial score (nSPS) is 14.9. The Bertz CT molecular complexity index is 576. The molecule has 6 nitrogen and oxygen atoms in total. The Morgan fingerprint density at radius 2 is 1.89 bits per heavy atom. The molecule has 1 aliphatic rings. The van der Waals surface area contributed by atoms with Crippen LogP contribution in [0.15, 0.2) is 35.3 Å². The fourth-order valence-corrected chi connectivity index (χ4v) is 3.12. The molecule has 0 saturated carbocycles. The number of guanidine groups is 1. The molecule has 2 rings (SSSR count). The summed E-state index contributed by atoms with van der Waals surface area (Å²) in [4.78, 5) is 18.9. The molecule has 0 radical (unpaired) electrons. The summed E-state index contributed by atoms with van der Waals surface area (Å²) < 4.78 is 10.9. The fourth-order valence-electron chi connectivity index (χ4n) is 3.12. The maximum absolute atomic E-state index is 11.9. The maximum Gasteiger partial charge on any atom is 0.309 e. The Morgan fingerprint density at radius 3 is 2.54 bits per heavy atom. The minimum absolute atomic E-state index is 0. The number of nitrogens with zero attached hydrogens (tertiary/aromatic N) is 2. The molecular weight excluding hydrogens is 469 g/mol. The van der Waals surface area contributed by atoms with Crippen molar-refractivity contribution in [3.05, 3.63) is 30.3 Å². The highest BCUT2D eigenvalue weighted by atomic mass is 127. The number of carbonyl (C=O) groups excluding carboxylic acids is 1. The van der Waals surface area contributed by atoms with Crippen LogP contribution in [-0.4, -0.2) is 56.2 Å². The van der Waals surface area contributed by atoms with Gasteiger partial charge in [-0.05, 0) is 51.7 Å². The van der Waals surface area contributed by atoms with Gasteiger partial charge in [-0.1, -0.05) is 18.2 Å². The first-order valence-corrected chi connectivity index (χ1v) is 10.1. The third-order valence-corrected chi connectivity index (χ3v) is 4.58. The molecule has 28 heavy (non-hydrogen) atoms. The lowest BCUT2D eigenvalue weighted by Gasteiger charge is -2.33. The maximum atomic E-state index is 11.9. The van der Waals surface area contributed by atoms with Gasteiger partial charge in [-0.25, -0.2) is 0 Å². The first-order chi connectivity index (χ1) is 13.2. The molecule has 0 bridgehead atoms. The van der Waals surface area contributed by atoms with Gasteiger partial charge in [0.1, 0.15) is 5.75 Å². The molecule has 1 heterocycles. The van der Waals surface area contributed by atoms with Gasteiger partial charge in [-0.3, -0.25) is 9.79 Å². The second-order valence-corrected chi connectivity index (χ2v) is 6.62. The van der Waals surface area contributed by atoms with Gasteiger partial charge in [0.05, 0.1) is 19.1 Å². The number of likely N-dealkylation sites (tertiary alicyclic amines) is 1. The van der Waals surface area contributed by atoms with Crippen LogP contribution < -0.4 is 10.1 Å². The zero-order valence-corrected chi connectivity index (χ0v) is 19.4. The van der Waals surface area contributed by atoms with Gasteiger partial charge in [-0.2, -0.15) is 0 Å².